The van der Waals surface area contributed by atoms with Crippen LogP contribution in [0.3, 0.4) is 0 Å². The summed E-state index contributed by atoms with van der Waals surface area (Å²) in [6, 6.07) is 17.7. The number of hydrogen-bond donors (Lipinski definition) is 2. The normalized spacial score (nSPS) is 21.7. The molecule has 2 aromatic heterocycles. The molecule has 0 saturated heterocycles. The number of halogens is 1. The highest BCUT2D eigenvalue weighted by Crippen LogP contribution is 2.59. The van der Waals surface area contributed by atoms with Gasteiger partial charge in [0.05, 0.1) is 39.6 Å². The van der Waals surface area contributed by atoms with E-state index in [2.05, 4.69) is 34.5 Å². The van der Waals surface area contributed by atoms with Crippen molar-refractivity contribution in [3.8, 4) is 5.69 Å². The second-order valence-corrected chi connectivity index (χ2v) is 10.4. The molecular weight excluding hydrogens is 460 g/mol. The molecule has 2 heterocycles. The van der Waals surface area contributed by atoms with Gasteiger partial charge in [0.1, 0.15) is 11.0 Å². The first-order valence-electron chi connectivity index (χ1n) is 11.8. The summed E-state index contributed by atoms with van der Waals surface area (Å²) >= 11 is 6.59. The van der Waals surface area contributed by atoms with Crippen LogP contribution >= 0.6 is 11.6 Å². The fraction of sp³-hybridized carbons (Fsp3) is 0.333. The largest absolute Gasteiger partial charge is 0.342 e. The number of aromatic amines is 1. The third kappa shape index (κ3) is 3.84. The van der Waals surface area contributed by atoms with Crippen molar-refractivity contribution in [2.75, 3.05) is 0 Å². The number of para-hydroxylation sites is 3. The second kappa shape index (κ2) is 8.64. The number of fused-ring (bicyclic) bond motifs is 1. The molecule has 8 heteroatoms. The first kappa shape index (κ1) is 23.3. The topological polar surface area (TPSA) is 88.0 Å². The zero-order valence-electron chi connectivity index (χ0n) is 20.3. The highest BCUT2D eigenvalue weighted by Gasteiger charge is 2.57. The molecule has 5 rings (SSSR count). The molecule has 180 valence electrons. The van der Waals surface area contributed by atoms with Gasteiger partial charge in [-0.05, 0) is 49.4 Å². The van der Waals surface area contributed by atoms with E-state index in [0.717, 1.165) is 41.1 Å². The van der Waals surface area contributed by atoms with Crippen LogP contribution in [0.4, 0.5) is 0 Å². The number of carbonyl (C=O) groups is 1. The molecule has 1 fully saturated rings. The molecule has 2 unspecified atom stereocenters. The lowest BCUT2D eigenvalue weighted by Crippen LogP contribution is -2.45. The predicted octanol–water partition coefficient (Wildman–Crippen LogP) is 5.77. The summed E-state index contributed by atoms with van der Waals surface area (Å²) in [5.41, 5.74) is 6.07. The number of benzene rings is 2. The molecule has 0 radical (unpaired) electrons. The van der Waals surface area contributed by atoms with Gasteiger partial charge in [-0.2, -0.15) is 10.2 Å². The molecule has 2 atom stereocenters. The summed E-state index contributed by atoms with van der Waals surface area (Å²) < 4.78 is 1.67. The number of rotatable bonds is 5. The minimum absolute atomic E-state index is 0.110. The van der Waals surface area contributed by atoms with Crippen LogP contribution in [-0.4, -0.2) is 31.9 Å². The quantitative estimate of drug-likeness (QED) is 0.276. The van der Waals surface area contributed by atoms with Crippen LogP contribution < -0.4 is 5.43 Å². The van der Waals surface area contributed by atoms with E-state index in [0.29, 0.717) is 10.7 Å². The highest BCUT2D eigenvalue weighted by molar-refractivity contribution is 6.32. The van der Waals surface area contributed by atoms with E-state index in [9.17, 15) is 4.79 Å². The van der Waals surface area contributed by atoms with Crippen LogP contribution in [0.2, 0.25) is 5.15 Å². The highest BCUT2D eigenvalue weighted by atomic mass is 35.5. The molecule has 35 heavy (non-hydrogen) atoms. The van der Waals surface area contributed by atoms with Crippen molar-refractivity contribution in [1.82, 2.24) is 25.2 Å². The van der Waals surface area contributed by atoms with Crippen LogP contribution in [-0.2, 0) is 4.79 Å². The van der Waals surface area contributed by atoms with Crippen molar-refractivity contribution >= 4 is 34.8 Å². The maximum atomic E-state index is 13.4. The molecule has 1 amide bonds. The molecule has 1 aliphatic carbocycles. The molecule has 2 N–H and O–H groups in total. The van der Waals surface area contributed by atoms with Gasteiger partial charge < -0.3 is 4.98 Å². The number of aromatic nitrogens is 4. The van der Waals surface area contributed by atoms with E-state index >= 15 is 0 Å². The SMILES string of the molecule is Cc1nn(-c2ccccc2)c(Cl)c1/C=N/NC(=O)C1(C)CCC(c2nc3ccccc3[nH]2)C1(C)C. The zero-order valence-corrected chi connectivity index (χ0v) is 21.1. The number of aryl methyl sites for hydroxylation is 1. The van der Waals surface area contributed by atoms with E-state index in [1.165, 1.54) is 0 Å². The van der Waals surface area contributed by atoms with Gasteiger partial charge in [-0.1, -0.05) is 62.7 Å². The molecule has 1 saturated carbocycles. The lowest BCUT2D eigenvalue weighted by Gasteiger charge is -2.39. The Kier molecular flexibility index (Phi) is 5.75. The Balaban J connectivity index is 1.34. The van der Waals surface area contributed by atoms with Gasteiger partial charge in [0, 0.05) is 5.92 Å². The van der Waals surface area contributed by atoms with E-state index in [1.54, 1.807) is 10.9 Å². The number of amides is 1. The molecular formula is C27H29ClN6O. The molecule has 7 nitrogen and oxygen atoms in total. The summed E-state index contributed by atoms with van der Waals surface area (Å²) in [5.74, 6) is 0.962. The van der Waals surface area contributed by atoms with Crippen LogP contribution in [0.15, 0.2) is 59.7 Å². The van der Waals surface area contributed by atoms with Crippen molar-refractivity contribution < 1.29 is 4.79 Å². The van der Waals surface area contributed by atoms with Gasteiger partial charge in [0.15, 0.2) is 0 Å². The van der Waals surface area contributed by atoms with Crippen molar-refractivity contribution in [3.05, 3.63) is 76.8 Å². The number of imidazole rings is 1. The first-order valence-corrected chi connectivity index (χ1v) is 12.2. The summed E-state index contributed by atoms with van der Waals surface area (Å²) in [7, 11) is 0. The molecule has 2 aromatic carbocycles. The monoisotopic (exact) mass is 488 g/mol. The van der Waals surface area contributed by atoms with Gasteiger partial charge in [0.25, 0.3) is 0 Å². The van der Waals surface area contributed by atoms with Crippen molar-refractivity contribution in [3.63, 3.8) is 0 Å². The maximum absolute atomic E-state index is 13.4. The number of hydrogen-bond acceptors (Lipinski definition) is 4. The first-order chi connectivity index (χ1) is 16.7. The Hall–Kier alpha value is -3.45. The Bertz CT molecular complexity index is 1390. The molecule has 1 aliphatic rings. The summed E-state index contributed by atoms with van der Waals surface area (Å²) in [4.78, 5) is 21.7. The van der Waals surface area contributed by atoms with Crippen LogP contribution in [0.1, 0.15) is 56.6 Å². The summed E-state index contributed by atoms with van der Waals surface area (Å²) in [5, 5.41) is 9.24. The zero-order chi connectivity index (χ0) is 24.8. The molecule has 0 spiro atoms. The second-order valence-electron chi connectivity index (χ2n) is 10.0. The number of nitrogens with one attached hydrogen (secondary N) is 2. The summed E-state index contributed by atoms with van der Waals surface area (Å²) in [6.07, 6.45) is 3.19. The van der Waals surface area contributed by atoms with E-state index in [4.69, 9.17) is 16.6 Å². The van der Waals surface area contributed by atoms with Crippen LogP contribution in [0, 0.1) is 17.8 Å². The Labute approximate surface area is 209 Å². The average molecular weight is 489 g/mol. The maximum Gasteiger partial charge on any atom is 0.246 e. The van der Waals surface area contributed by atoms with Gasteiger partial charge in [-0.3, -0.25) is 4.79 Å². The predicted molar refractivity (Wildman–Crippen MR) is 139 cm³/mol. The molecule has 4 aromatic rings. The molecule has 0 bridgehead atoms. The smallest absolute Gasteiger partial charge is 0.246 e. The number of carbonyl (C=O) groups excluding carboxylic acids is 1. The lowest BCUT2D eigenvalue weighted by atomic mass is 9.65. The molecule has 0 aliphatic heterocycles. The lowest BCUT2D eigenvalue weighted by molar-refractivity contribution is -0.135. The third-order valence-electron chi connectivity index (χ3n) is 7.87. The third-order valence-corrected chi connectivity index (χ3v) is 8.24. The van der Waals surface area contributed by atoms with Crippen molar-refractivity contribution in [1.29, 1.82) is 0 Å². The van der Waals surface area contributed by atoms with Crippen LogP contribution in [0.5, 0.6) is 0 Å². The van der Waals surface area contributed by atoms with Gasteiger partial charge >= 0.3 is 0 Å². The van der Waals surface area contributed by atoms with E-state index < -0.39 is 5.41 Å². The van der Waals surface area contributed by atoms with Gasteiger partial charge in [-0.15, -0.1) is 0 Å². The van der Waals surface area contributed by atoms with Gasteiger partial charge in [0.2, 0.25) is 5.91 Å². The van der Waals surface area contributed by atoms with E-state index in [-0.39, 0.29) is 17.2 Å². The fourth-order valence-corrected chi connectivity index (χ4v) is 5.52. The Morgan fingerprint density at radius 1 is 1.17 bits per heavy atom. The number of nitrogens with zero attached hydrogens (tertiary/aromatic N) is 4. The standard InChI is InChI=1S/C27H29ClN6O/c1-17-19(23(28)34(33-17)18-10-6-5-7-11-18)16-29-32-25(35)27(4)15-14-20(26(27,2)3)24-30-21-12-8-9-13-22(21)31-24/h5-13,16,20H,14-15H2,1-4H3,(H,30,31)(H,32,35)/b29-16+. The van der Waals surface area contributed by atoms with Crippen molar-refractivity contribution in [2.45, 2.75) is 46.5 Å². The Morgan fingerprint density at radius 3 is 2.63 bits per heavy atom. The van der Waals surface area contributed by atoms with E-state index in [1.807, 2.05) is 68.4 Å². The average Bonchev–Trinajstić information content (AvgIpc) is 3.47. The van der Waals surface area contributed by atoms with Crippen molar-refractivity contribution in [2.24, 2.45) is 15.9 Å². The number of H-pyrrole nitrogens is 1. The minimum Gasteiger partial charge on any atom is -0.342 e. The number of hydrazone groups is 1. The van der Waals surface area contributed by atoms with Gasteiger partial charge in [-0.25, -0.2) is 15.1 Å². The minimum atomic E-state index is -0.610. The summed E-state index contributed by atoms with van der Waals surface area (Å²) in [6.45, 7) is 8.18. The fourth-order valence-electron chi connectivity index (χ4n) is 5.20. The van der Waals surface area contributed by atoms with Crippen LogP contribution in [0.25, 0.3) is 16.7 Å². The Morgan fingerprint density at radius 2 is 1.89 bits per heavy atom.